The SMILES string of the molecule is CC(C)[C@@H]1CC[C@@H](N)C[C@H]1O. The van der Waals surface area contributed by atoms with E-state index in [9.17, 15) is 5.11 Å². The molecule has 0 amide bonds. The van der Waals surface area contributed by atoms with Crippen LogP contribution in [-0.2, 0) is 0 Å². The summed E-state index contributed by atoms with van der Waals surface area (Å²) in [7, 11) is 0. The molecule has 0 aliphatic heterocycles. The van der Waals surface area contributed by atoms with Crippen molar-refractivity contribution in [2.75, 3.05) is 0 Å². The standard InChI is InChI=1S/C9H19NO/c1-6(2)8-4-3-7(10)5-9(8)11/h6-9,11H,3-5,10H2,1-2H3/t7-,8+,9-/m1/s1. The fourth-order valence-corrected chi connectivity index (χ4v) is 1.98. The van der Waals surface area contributed by atoms with Crippen LogP contribution in [0.2, 0.25) is 0 Å². The van der Waals surface area contributed by atoms with Gasteiger partial charge in [0.25, 0.3) is 0 Å². The van der Waals surface area contributed by atoms with Gasteiger partial charge in [0.1, 0.15) is 0 Å². The molecule has 2 nitrogen and oxygen atoms in total. The molecular formula is C9H19NO. The highest BCUT2D eigenvalue weighted by atomic mass is 16.3. The monoisotopic (exact) mass is 157 g/mol. The molecule has 0 spiro atoms. The maximum absolute atomic E-state index is 9.63. The van der Waals surface area contributed by atoms with Crippen molar-refractivity contribution in [3.8, 4) is 0 Å². The summed E-state index contributed by atoms with van der Waals surface area (Å²) in [6, 6.07) is 0.236. The average molecular weight is 157 g/mol. The third-order valence-corrected chi connectivity index (χ3v) is 2.77. The van der Waals surface area contributed by atoms with Crippen molar-refractivity contribution in [1.29, 1.82) is 0 Å². The molecule has 1 saturated carbocycles. The second-order valence-electron chi connectivity index (χ2n) is 4.05. The highest BCUT2D eigenvalue weighted by Crippen LogP contribution is 2.29. The minimum absolute atomic E-state index is 0.154. The predicted molar refractivity (Wildman–Crippen MR) is 46.2 cm³/mol. The molecule has 0 radical (unpaired) electrons. The van der Waals surface area contributed by atoms with Crippen LogP contribution in [-0.4, -0.2) is 17.3 Å². The van der Waals surface area contributed by atoms with Crippen LogP contribution in [0.5, 0.6) is 0 Å². The van der Waals surface area contributed by atoms with Gasteiger partial charge in [0.2, 0.25) is 0 Å². The molecule has 1 aliphatic rings. The van der Waals surface area contributed by atoms with E-state index in [4.69, 9.17) is 5.73 Å². The van der Waals surface area contributed by atoms with Crippen LogP contribution in [0.1, 0.15) is 33.1 Å². The maximum Gasteiger partial charge on any atom is 0.0585 e. The highest BCUT2D eigenvalue weighted by Gasteiger charge is 2.28. The molecular weight excluding hydrogens is 138 g/mol. The van der Waals surface area contributed by atoms with Crippen molar-refractivity contribution < 1.29 is 5.11 Å². The zero-order valence-corrected chi connectivity index (χ0v) is 7.46. The molecule has 3 atom stereocenters. The predicted octanol–water partition coefficient (Wildman–Crippen LogP) is 1.13. The van der Waals surface area contributed by atoms with Crippen LogP contribution in [0.4, 0.5) is 0 Å². The average Bonchev–Trinajstić information content (AvgIpc) is 1.85. The molecule has 0 unspecified atom stereocenters. The van der Waals surface area contributed by atoms with Gasteiger partial charge >= 0.3 is 0 Å². The Morgan fingerprint density at radius 3 is 2.45 bits per heavy atom. The highest BCUT2D eigenvalue weighted by molar-refractivity contribution is 4.82. The minimum atomic E-state index is -0.154. The van der Waals surface area contributed by atoms with Crippen molar-refractivity contribution in [2.24, 2.45) is 17.6 Å². The summed E-state index contributed by atoms with van der Waals surface area (Å²) in [5.41, 5.74) is 5.73. The van der Waals surface area contributed by atoms with Crippen LogP contribution < -0.4 is 5.73 Å². The van der Waals surface area contributed by atoms with Crippen molar-refractivity contribution in [3.63, 3.8) is 0 Å². The molecule has 1 fully saturated rings. The van der Waals surface area contributed by atoms with E-state index in [0.29, 0.717) is 11.8 Å². The van der Waals surface area contributed by atoms with E-state index in [2.05, 4.69) is 13.8 Å². The first-order valence-electron chi connectivity index (χ1n) is 4.55. The largest absolute Gasteiger partial charge is 0.393 e. The van der Waals surface area contributed by atoms with Gasteiger partial charge < -0.3 is 10.8 Å². The quantitative estimate of drug-likeness (QED) is 0.599. The maximum atomic E-state index is 9.63. The van der Waals surface area contributed by atoms with Gasteiger partial charge in [-0.15, -0.1) is 0 Å². The van der Waals surface area contributed by atoms with Crippen LogP contribution in [0.15, 0.2) is 0 Å². The molecule has 0 saturated heterocycles. The smallest absolute Gasteiger partial charge is 0.0585 e. The Morgan fingerprint density at radius 2 is 2.00 bits per heavy atom. The van der Waals surface area contributed by atoms with Crippen LogP contribution >= 0.6 is 0 Å². The van der Waals surface area contributed by atoms with Gasteiger partial charge in [0, 0.05) is 6.04 Å². The number of aliphatic hydroxyl groups is 1. The Hall–Kier alpha value is -0.0800. The number of hydrogen-bond donors (Lipinski definition) is 2. The van der Waals surface area contributed by atoms with Gasteiger partial charge in [-0.1, -0.05) is 13.8 Å². The van der Waals surface area contributed by atoms with Gasteiger partial charge in [0.15, 0.2) is 0 Å². The Labute approximate surface area is 68.8 Å². The zero-order chi connectivity index (χ0) is 8.43. The number of rotatable bonds is 1. The lowest BCUT2D eigenvalue weighted by Crippen LogP contribution is -2.38. The zero-order valence-electron chi connectivity index (χ0n) is 7.46. The number of aliphatic hydroxyl groups excluding tert-OH is 1. The lowest BCUT2D eigenvalue weighted by molar-refractivity contribution is 0.0382. The van der Waals surface area contributed by atoms with Gasteiger partial charge in [-0.3, -0.25) is 0 Å². The van der Waals surface area contributed by atoms with Crippen molar-refractivity contribution in [1.82, 2.24) is 0 Å². The minimum Gasteiger partial charge on any atom is -0.393 e. The third-order valence-electron chi connectivity index (χ3n) is 2.77. The summed E-state index contributed by atoms with van der Waals surface area (Å²) in [4.78, 5) is 0. The molecule has 0 aromatic heterocycles. The molecule has 3 N–H and O–H groups in total. The third kappa shape index (κ3) is 2.17. The van der Waals surface area contributed by atoms with Crippen molar-refractivity contribution in [3.05, 3.63) is 0 Å². The van der Waals surface area contributed by atoms with E-state index >= 15 is 0 Å². The van der Waals surface area contributed by atoms with Crippen LogP contribution in [0.25, 0.3) is 0 Å². The molecule has 0 aromatic rings. The first-order chi connectivity index (χ1) is 5.11. The summed E-state index contributed by atoms with van der Waals surface area (Å²) in [6.45, 7) is 4.34. The molecule has 1 rings (SSSR count). The molecule has 0 aromatic carbocycles. The van der Waals surface area contributed by atoms with Gasteiger partial charge in [0.05, 0.1) is 6.10 Å². The summed E-state index contributed by atoms with van der Waals surface area (Å²) in [6.07, 6.45) is 2.82. The number of hydrogen-bond acceptors (Lipinski definition) is 2. The van der Waals surface area contributed by atoms with E-state index in [-0.39, 0.29) is 12.1 Å². The first-order valence-corrected chi connectivity index (χ1v) is 4.55. The Balaban J connectivity index is 2.44. The molecule has 66 valence electrons. The number of nitrogens with two attached hydrogens (primary N) is 1. The van der Waals surface area contributed by atoms with Crippen LogP contribution in [0.3, 0.4) is 0 Å². The fourth-order valence-electron chi connectivity index (χ4n) is 1.98. The lowest BCUT2D eigenvalue weighted by atomic mass is 9.78. The second-order valence-corrected chi connectivity index (χ2v) is 4.05. The Bertz CT molecular complexity index is 125. The van der Waals surface area contributed by atoms with Gasteiger partial charge in [-0.2, -0.15) is 0 Å². The molecule has 11 heavy (non-hydrogen) atoms. The first kappa shape index (κ1) is 9.01. The van der Waals surface area contributed by atoms with Gasteiger partial charge in [-0.05, 0) is 31.1 Å². The van der Waals surface area contributed by atoms with E-state index in [1.165, 1.54) is 0 Å². The summed E-state index contributed by atoms with van der Waals surface area (Å²) in [5.74, 6) is 1.08. The molecule has 1 aliphatic carbocycles. The van der Waals surface area contributed by atoms with Crippen molar-refractivity contribution >= 4 is 0 Å². The van der Waals surface area contributed by atoms with Crippen molar-refractivity contribution in [2.45, 2.75) is 45.3 Å². The topological polar surface area (TPSA) is 46.2 Å². The second kappa shape index (κ2) is 3.55. The van der Waals surface area contributed by atoms with E-state index in [1.54, 1.807) is 0 Å². The summed E-state index contributed by atoms with van der Waals surface area (Å²) in [5, 5.41) is 9.63. The molecule has 0 bridgehead atoms. The summed E-state index contributed by atoms with van der Waals surface area (Å²) < 4.78 is 0. The van der Waals surface area contributed by atoms with E-state index < -0.39 is 0 Å². The Morgan fingerprint density at radius 1 is 1.36 bits per heavy atom. The summed E-state index contributed by atoms with van der Waals surface area (Å²) >= 11 is 0. The molecule has 0 heterocycles. The molecule has 2 heteroatoms. The van der Waals surface area contributed by atoms with Gasteiger partial charge in [-0.25, -0.2) is 0 Å². The van der Waals surface area contributed by atoms with E-state index in [0.717, 1.165) is 19.3 Å². The van der Waals surface area contributed by atoms with Crippen LogP contribution in [0, 0.1) is 11.8 Å². The normalized spacial score (nSPS) is 39.5. The fraction of sp³-hybridized carbons (Fsp3) is 1.00. The van der Waals surface area contributed by atoms with E-state index in [1.807, 2.05) is 0 Å². The lowest BCUT2D eigenvalue weighted by Gasteiger charge is -2.33. The Kier molecular flexibility index (Phi) is 2.90.